The predicted molar refractivity (Wildman–Crippen MR) is 128 cm³/mol. The van der Waals surface area contributed by atoms with Crippen molar-refractivity contribution in [3.8, 4) is 11.3 Å². The molecule has 0 radical (unpaired) electrons. The minimum atomic E-state index is 0.105. The molecule has 1 atom stereocenters. The van der Waals surface area contributed by atoms with Crippen molar-refractivity contribution in [3.05, 3.63) is 64.1 Å². The molecule has 30 heavy (non-hydrogen) atoms. The maximum absolute atomic E-state index is 13.5. The number of rotatable bonds is 2. The second-order valence-electron chi connectivity index (χ2n) is 9.54. The Labute approximate surface area is 187 Å². The molecule has 2 aromatic carbocycles. The molecule has 3 nitrogen and oxygen atoms in total. The van der Waals surface area contributed by atoms with Gasteiger partial charge in [-0.3, -0.25) is 4.79 Å². The molecule has 1 saturated heterocycles. The Morgan fingerprint density at radius 1 is 1.10 bits per heavy atom. The number of carbonyl (C=O) groups excluding carboxylic acids is 1. The number of aromatic nitrogens is 1. The Bertz CT molecular complexity index is 1080. The first-order chi connectivity index (χ1) is 14.2. The lowest BCUT2D eigenvalue weighted by Crippen LogP contribution is -2.39. The van der Waals surface area contributed by atoms with Gasteiger partial charge < -0.3 is 4.90 Å². The van der Waals surface area contributed by atoms with Gasteiger partial charge in [-0.15, -0.1) is 0 Å². The van der Waals surface area contributed by atoms with Gasteiger partial charge in [0.15, 0.2) is 0 Å². The van der Waals surface area contributed by atoms with E-state index < -0.39 is 0 Å². The van der Waals surface area contributed by atoms with Crippen LogP contribution in [0.3, 0.4) is 0 Å². The van der Waals surface area contributed by atoms with Gasteiger partial charge in [0.2, 0.25) is 0 Å². The van der Waals surface area contributed by atoms with Crippen LogP contribution in [-0.2, 0) is 5.41 Å². The standard InChI is InChI=1S/C26H29BrN2O/c1-17-6-5-13-29(16-17)25(30)22-15-24(28-23-12-11-20(27)14-21(22)23)18-7-9-19(10-8-18)26(2,3)4/h7-12,14-15,17H,5-6,13,16H2,1-4H3/t17-/m0/s1. The van der Waals surface area contributed by atoms with Gasteiger partial charge in [-0.2, -0.15) is 0 Å². The summed E-state index contributed by atoms with van der Waals surface area (Å²) in [5.41, 5.74) is 4.87. The Morgan fingerprint density at radius 2 is 1.83 bits per heavy atom. The Balaban J connectivity index is 1.80. The Kier molecular flexibility index (Phi) is 5.71. The van der Waals surface area contributed by atoms with Crippen molar-refractivity contribution in [2.45, 2.75) is 46.0 Å². The van der Waals surface area contributed by atoms with Crippen molar-refractivity contribution < 1.29 is 4.79 Å². The molecule has 2 heterocycles. The molecular weight excluding hydrogens is 436 g/mol. The fraction of sp³-hybridized carbons (Fsp3) is 0.385. The van der Waals surface area contributed by atoms with Crippen LogP contribution in [0.1, 0.15) is 56.5 Å². The maximum atomic E-state index is 13.5. The molecule has 0 unspecified atom stereocenters. The topological polar surface area (TPSA) is 33.2 Å². The minimum Gasteiger partial charge on any atom is -0.338 e. The highest BCUT2D eigenvalue weighted by atomic mass is 79.9. The summed E-state index contributed by atoms with van der Waals surface area (Å²) in [4.78, 5) is 20.4. The van der Waals surface area contributed by atoms with E-state index in [2.05, 4.69) is 67.9 Å². The Morgan fingerprint density at radius 3 is 2.50 bits per heavy atom. The summed E-state index contributed by atoms with van der Waals surface area (Å²) in [6.07, 6.45) is 2.26. The van der Waals surface area contributed by atoms with Crippen LogP contribution < -0.4 is 0 Å². The van der Waals surface area contributed by atoms with E-state index in [4.69, 9.17) is 4.98 Å². The zero-order chi connectivity index (χ0) is 21.5. The van der Waals surface area contributed by atoms with E-state index in [1.54, 1.807) is 0 Å². The monoisotopic (exact) mass is 464 g/mol. The van der Waals surface area contributed by atoms with Crippen molar-refractivity contribution in [2.75, 3.05) is 13.1 Å². The van der Waals surface area contributed by atoms with Gasteiger partial charge in [0.25, 0.3) is 5.91 Å². The van der Waals surface area contributed by atoms with E-state index in [9.17, 15) is 4.79 Å². The second-order valence-corrected chi connectivity index (χ2v) is 10.5. The number of benzene rings is 2. The molecule has 156 valence electrons. The van der Waals surface area contributed by atoms with E-state index in [0.29, 0.717) is 5.92 Å². The highest BCUT2D eigenvalue weighted by Gasteiger charge is 2.24. The lowest BCUT2D eigenvalue weighted by Gasteiger charge is -2.31. The molecule has 0 bridgehead atoms. The quantitative estimate of drug-likeness (QED) is 0.416. The van der Waals surface area contributed by atoms with Crippen LogP contribution in [-0.4, -0.2) is 28.9 Å². The van der Waals surface area contributed by atoms with Crippen LogP contribution in [0.25, 0.3) is 22.2 Å². The van der Waals surface area contributed by atoms with Crippen LogP contribution in [0.15, 0.2) is 53.0 Å². The van der Waals surface area contributed by atoms with Gasteiger partial charge in [0, 0.05) is 28.5 Å². The average molecular weight is 465 g/mol. The SMILES string of the molecule is C[C@H]1CCCN(C(=O)c2cc(-c3ccc(C(C)(C)C)cc3)nc3ccc(Br)cc23)C1. The highest BCUT2D eigenvalue weighted by molar-refractivity contribution is 9.10. The third-order valence-corrected chi connectivity index (χ3v) is 6.49. The molecule has 4 rings (SSSR count). The number of hydrogen-bond acceptors (Lipinski definition) is 2. The van der Waals surface area contributed by atoms with Crippen LogP contribution in [0.2, 0.25) is 0 Å². The van der Waals surface area contributed by atoms with E-state index in [-0.39, 0.29) is 11.3 Å². The third-order valence-electron chi connectivity index (χ3n) is 5.99. The van der Waals surface area contributed by atoms with Crippen molar-refractivity contribution >= 4 is 32.7 Å². The maximum Gasteiger partial charge on any atom is 0.254 e. The summed E-state index contributed by atoms with van der Waals surface area (Å²) in [7, 11) is 0. The molecule has 4 heteroatoms. The van der Waals surface area contributed by atoms with E-state index in [0.717, 1.165) is 51.7 Å². The number of likely N-dealkylation sites (tertiary alicyclic amines) is 1. The number of halogens is 1. The van der Waals surface area contributed by atoms with Gasteiger partial charge in [-0.25, -0.2) is 4.98 Å². The van der Waals surface area contributed by atoms with Crippen molar-refractivity contribution in [3.63, 3.8) is 0 Å². The normalized spacial score (nSPS) is 17.4. The van der Waals surface area contributed by atoms with Crippen molar-refractivity contribution in [2.24, 2.45) is 5.92 Å². The smallest absolute Gasteiger partial charge is 0.254 e. The van der Waals surface area contributed by atoms with Crippen LogP contribution >= 0.6 is 15.9 Å². The average Bonchev–Trinajstić information content (AvgIpc) is 2.72. The van der Waals surface area contributed by atoms with Gasteiger partial charge in [-0.05, 0) is 54.0 Å². The lowest BCUT2D eigenvalue weighted by atomic mass is 9.86. The molecule has 0 aliphatic carbocycles. The molecule has 1 aliphatic heterocycles. The number of amides is 1. The fourth-order valence-electron chi connectivity index (χ4n) is 4.21. The van der Waals surface area contributed by atoms with Crippen molar-refractivity contribution in [1.82, 2.24) is 9.88 Å². The molecule has 1 fully saturated rings. The molecule has 1 amide bonds. The molecule has 0 spiro atoms. The third kappa shape index (κ3) is 4.29. The number of nitrogens with zero attached hydrogens (tertiary/aromatic N) is 2. The number of fused-ring (bicyclic) bond motifs is 1. The predicted octanol–water partition coefficient (Wildman–Crippen LogP) is 6.83. The van der Waals surface area contributed by atoms with Crippen LogP contribution in [0, 0.1) is 5.92 Å². The first kappa shape index (κ1) is 21.0. The van der Waals surface area contributed by atoms with Gasteiger partial charge >= 0.3 is 0 Å². The van der Waals surface area contributed by atoms with Crippen LogP contribution in [0.4, 0.5) is 0 Å². The largest absolute Gasteiger partial charge is 0.338 e. The molecule has 0 saturated carbocycles. The van der Waals surface area contributed by atoms with Gasteiger partial charge in [0.1, 0.15) is 0 Å². The summed E-state index contributed by atoms with van der Waals surface area (Å²) in [6.45, 7) is 10.5. The number of piperidine rings is 1. The first-order valence-corrected chi connectivity index (χ1v) is 11.5. The van der Waals surface area contributed by atoms with Gasteiger partial charge in [0.05, 0.1) is 16.8 Å². The summed E-state index contributed by atoms with van der Waals surface area (Å²) in [6, 6.07) is 16.5. The molecule has 0 N–H and O–H groups in total. The summed E-state index contributed by atoms with van der Waals surface area (Å²) in [5.74, 6) is 0.659. The summed E-state index contributed by atoms with van der Waals surface area (Å²) in [5, 5.41) is 0.905. The highest BCUT2D eigenvalue weighted by Crippen LogP contribution is 2.30. The molecule has 1 aliphatic rings. The van der Waals surface area contributed by atoms with E-state index in [1.165, 1.54) is 12.0 Å². The first-order valence-electron chi connectivity index (χ1n) is 10.7. The van der Waals surface area contributed by atoms with Gasteiger partial charge in [-0.1, -0.05) is 67.9 Å². The fourth-order valence-corrected chi connectivity index (χ4v) is 4.57. The zero-order valence-corrected chi connectivity index (χ0v) is 19.8. The van der Waals surface area contributed by atoms with Crippen LogP contribution in [0.5, 0.6) is 0 Å². The zero-order valence-electron chi connectivity index (χ0n) is 18.2. The Hall–Kier alpha value is -2.20. The lowest BCUT2D eigenvalue weighted by molar-refractivity contribution is 0.0685. The number of carbonyl (C=O) groups is 1. The summed E-state index contributed by atoms with van der Waals surface area (Å²) < 4.78 is 0.958. The van der Waals surface area contributed by atoms with E-state index in [1.807, 2.05) is 29.2 Å². The minimum absolute atomic E-state index is 0.105. The molecular formula is C26H29BrN2O. The summed E-state index contributed by atoms with van der Waals surface area (Å²) >= 11 is 3.56. The molecule has 3 aromatic rings. The second kappa shape index (κ2) is 8.14. The van der Waals surface area contributed by atoms with E-state index >= 15 is 0 Å². The molecule has 1 aromatic heterocycles. The number of pyridine rings is 1. The van der Waals surface area contributed by atoms with Crippen molar-refractivity contribution in [1.29, 1.82) is 0 Å². The number of hydrogen-bond donors (Lipinski definition) is 0.